The molecule has 0 bridgehead atoms. The Hall–Kier alpha value is -2.92. The number of quaternary nitrogens is 4. The molecular weight excluding hydrogens is 1290 g/mol. The van der Waals surface area contributed by atoms with Crippen LogP contribution >= 0.6 is 0 Å². The summed E-state index contributed by atoms with van der Waals surface area (Å²) < 4.78 is 4.19. The molecule has 0 saturated carbocycles. The highest BCUT2D eigenvalue weighted by Crippen LogP contribution is 2.57. The van der Waals surface area contributed by atoms with Gasteiger partial charge >= 0.3 is 0 Å². The van der Waals surface area contributed by atoms with E-state index in [1.165, 1.54) is 221 Å². The molecule has 0 N–H and O–H groups in total. The van der Waals surface area contributed by atoms with Crippen molar-refractivity contribution in [2.75, 3.05) is 111 Å². The van der Waals surface area contributed by atoms with Crippen molar-refractivity contribution in [3.05, 3.63) is 155 Å². The maximum Gasteiger partial charge on any atom is 0.0780 e. The van der Waals surface area contributed by atoms with Gasteiger partial charge in [0.15, 0.2) is 0 Å². The molecule has 462 valence electrons. The molecule has 0 unspecified atom stereocenters. The van der Waals surface area contributed by atoms with Crippen LogP contribution in [0.5, 0.6) is 0 Å². The number of aryl methyl sites for hydroxylation is 2. The smallest absolute Gasteiger partial charge is 0.0780 e. The number of benzene rings is 6. The zero-order valence-corrected chi connectivity index (χ0v) is 61.2. The predicted octanol–water partition coefficient (Wildman–Crippen LogP) is 6.48. The number of hydrogen-bond donors (Lipinski definition) is 0. The largest absolute Gasteiger partial charge is 1.00 e. The Morgan fingerprint density at radius 2 is 0.500 bits per heavy atom. The molecular formula is C76H110Br4N4. The maximum atomic E-state index is 2.65. The fourth-order valence-corrected chi connectivity index (χ4v) is 14.1. The molecule has 0 atom stereocenters. The molecule has 84 heavy (non-hydrogen) atoms. The van der Waals surface area contributed by atoms with Crippen LogP contribution in [0.15, 0.2) is 121 Å². The van der Waals surface area contributed by atoms with Gasteiger partial charge < -0.3 is 85.9 Å². The van der Waals surface area contributed by atoms with Crippen LogP contribution in [0.2, 0.25) is 0 Å². The van der Waals surface area contributed by atoms with Crippen molar-refractivity contribution in [1.29, 1.82) is 0 Å². The van der Waals surface area contributed by atoms with E-state index in [1.54, 1.807) is 22.3 Å². The first-order valence-corrected chi connectivity index (χ1v) is 31.9. The summed E-state index contributed by atoms with van der Waals surface area (Å²) in [6.45, 7) is 9.51. The van der Waals surface area contributed by atoms with Crippen molar-refractivity contribution >= 4 is 0 Å². The van der Waals surface area contributed by atoms with Gasteiger partial charge in [-0.15, -0.1) is 0 Å². The van der Waals surface area contributed by atoms with Gasteiger partial charge in [0.05, 0.1) is 111 Å². The molecule has 0 aromatic heterocycles. The standard InChI is InChI=1S/C76H110N4.4BrH/c1-59-32-31-33-63(54-59)66-41-45-70-69-44-40-65(57-73(69)76(74(70)58-66,48-25-17-21-29-52-79(9,10)11)49-26-18-22-30-53-80(12,13)14)62-37-35-61(36-38-62)64-39-43-68-67-42-34-60(2)55-71(67)75(72(68)56-64,46-23-15-19-27-50-77(3,4)5)47-24-16-20-28-51-78(6,7)8;;;;/h31-45,54-58H,15-30,46-53H2,1-14H3;4*1H/q+4;;;;/p-4. The lowest BCUT2D eigenvalue weighted by Crippen LogP contribution is -3.00. The molecule has 0 amide bonds. The van der Waals surface area contributed by atoms with E-state index in [4.69, 9.17) is 0 Å². The molecule has 8 heteroatoms. The van der Waals surface area contributed by atoms with Gasteiger partial charge in [-0.05, 0) is 187 Å². The third-order valence-corrected chi connectivity index (χ3v) is 18.5. The molecule has 2 aliphatic rings. The Morgan fingerprint density at radius 1 is 0.250 bits per heavy atom. The lowest BCUT2D eigenvalue weighted by Gasteiger charge is -2.34. The second kappa shape index (κ2) is 32.0. The van der Waals surface area contributed by atoms with E-state index in [1.807, 2.05) is 0 Å². The normalized spacial score (nSPS) is 13.8. The fourth-order valence-electron chi connectivity index (χ4n) is 14.1. The van der Waals surface area contributed by atoms with E-state index in [9.17, 15) is 0 Å². The lowest BCUT2D eigenvalue weighted by atomic mass is 9.70. The summed E-state index contributed by atoms with van der Waals surface area (Å²) in [5, 5.41) is 0. The molecule has 0 heterocycles. The van der Waals surface area contributed by atoms with E-state index in [-0.39, 0.29) is 78.8 Å². The number of hydrogen-bond acceptors (Lipinski definition) is 0. The molecule has 4 nitrogen and oxygen atoms in total. The maximum absolute atomic E-state index is 2.65. The van der Waals surface area contributed by atoms with Crippen molar-refractivity contribution in [3.63, 3.8) is 0 Å². The van der Waals surface area contributed by atoms with E-state index in [2.05, 4.69) is 220 Å². The van der Waals surface area contributed by atoms with Crippen LogP contribution in [0.25, 0.3) is 55.6 Å². The molecule has 8 rings (SSSR count). The average molecular weight is 1400 g/mol. The predicted molar refractivity (Wildman–Crippen MR) is 349 cm³/mol. The topological polar surface area (TPSA) is 0 Å². The van der Waals surface area contributed by atoms with Crippen LogP contribution in [0, 0.1) is 13.8 Å². The first-order chi connectivity index (χ1) is 37.9. The summed E-state index contributed by atoms with van der Waals surface area (Å²) in [7, 11) is 28.0. The van der Waals surface area contributed by atoms with E-state index in [0.717, 1.165) is 17.9 Å². The minimum absolute atomic E-state index is 0. The molecule has 6 aromatic carbocycles. The van der Waals surface area contributed by atoms with Gasteiger partial charge in [-0.3, -0.25) is 0 Å². The van der Waals surface area contributed by atoms with Crippen LogP contribution in [-0.4, -0.2) is 129 Å². The van der Waals surface area contributed by atoms with E-state index in [0.29, 0.717) is 0 Å². The summed E-state index contributed by atoms with van der Waals surface area (Å²) in [6, 6.07) is 48.9. The van der Waals surface area contributed by atoms with Crippen LogP contribution in [0.3, 0.4) is 0 Å². The summed E-state index contributed by atoms with van der Waals surface area (Å²) in [5.41, 5.74) is 22.9. The minimum Gasteiger partial charge on any atom is -1.00 e. The third-order valence-electron chi connectivity index (χ3n) is 18.5. The third kappa shape index (κ3) is 19.5. The van der Waals surface area contributed by atoms with Gasteiger partial charge in [-0.1, -0.05) is 166 Å². The molecule has 0 spiro atoms. The molecule has 0 saturated heterocycles. The van der Waals surface area contributed by atoms with Crippen molar-refractivity contribution in [2.24, 2.45) is 0 Å². The Balaban J connectivity index is 0.00000378. The summed E-state index contributed by atoms with van der Waals surface area (Å²) in [4.78, 5) is 0. The molecule has 0 aliphatic heterocycles. The quantitative estimate of drug-likeness (QED) is 0.0346. The fraction of sp³-hybridized carbons (Fsp3) is 0.526. The van der Waals surface area contributed by atoms with Crippen molar-refractivity contribution in [1.82, 2.24) is 0 Å². The van der Waals surface area contributed by atoms with Gasteiger partial charge in [0.2, 0.25) is 0 Å². The zero-order valence-electron chi connectivity index (χ0n) is 54.8. The van der Waals surface area contributed by atoms with Crippen LogP contribution in [0.1, 0.15) is 162 Å². The van der Waals surface area contributed by atoms with Gasteiger partial charge in [-0.2, -0.15) is 0 Å². The monoisotopic (exact) mass is 1390 g/mol. The Bertz CT molecular complexity index is 2930. The average Bonchev–Trinajstić information content (AvgIpc) is 3.57. The highest BCUT2D eigenvalue weighted by Gasteiger charge is 2.44. The second-order valence-electron chi connectivity index (χ2n) is 29.7. The lowest BCUT2D eigenvalue weighted by molar-refractivity contribution is -0.870. The molecule has 2 aliphatic carbocycles. The van der Waals surface area contributed by atoms with Crippen molar-refractivity contribution < 1.29 is 85.9 Å². The zero-order chi connectivity index (χ0) is 57.4. The number of nitrogens with zero attached hydrogens (tertiary/aromatic N) is 4. The van der Waals surface area contributed by atoms with Gasteiger partial charge in [0.25, 0.3) is 0 Å². The Labute approximate surface area is 555 Å². The summed E-state index contributed by atoms with van der Waals surface area (Å²) in [5.74, 6) is 0. The minimum atomic E-state index is -0.0227. The first-order valence-electron chi connectivity index (χ1n) is 31.9. The highest BCUT2D eigenvalue weighted by molar-refractivity contribution is 5.87. The number of fused-ring (bicyclic) bond motifs is 6. The molecule has 0 radical (unpaired) electrons. The number of halogens is 4. The van der Waals surface area contributed by atoms with Gasteiger partial charge in [0.1, 0.15) is 0 Å². The molecule has 0 fully saturated rings. The highest BCUT2D eigenvalue weighted by atomic mass is 79.9. The van der Waals surface area contributed by atoms with Crippen LogP contribution in [-0.2, 0) is 10.8 Å². The second-order valence-corrected chi connectivity index (χ2v) is 29.7. The summed E-state index contributed by atoms with van der Waals surface area (Å²) >= 11 is 0. The molecule has 6 aromatic rings. The van der Waals surface area contributed by atoms with Crippen LogP contribution < -0.4 is 67.9 Å². The Morgan fingerprint density at radius 3 is 0.810 bits per heavy atom. The van der Waals surface area contributed by atoms with Gasteiger partial charge in [-0.25, -0.2) is 0 Å². The van der Waals surface area contributed by atoms with E-state index < -0.39 is 0 Å². The number of rotatable bonds is 31. The van der Waals surface area contributed by atoms with Crippen molar-refractivity contribution in [3.8, 4) is 55.6 Å². The van der Waals surface area contributed by atoms with Crippen molar-refractivity contribution in [2.45, 2.75) is 153 Å². The number of unbranched alkanes of at least 4 members (excludes halogenated alkanes) is 12. The Kier molecular flexibility index (Phi) is 28.0. The van der Waals surface area contributed by atoms with Crippen LogP contribution in [0.4, 0.5) is 0 Å². The summed E-state index contributed by atoms with van der Waals surface area (Å²) in [6.07, 6.45) is 25.6. The van der Waals surface area contributed by atoms with Gasteiger partial charge in [0, 0.05) is 10.8 Å². The first kappa shape index (κ1) is 73.5. The van der Waals surface area contributed by atoms with E-state index >= 15 is 0 Å². The SMILES string of the molecule is Cc1cccc(-c2ccc3c(c2)C(CCCCCC[N+](C)(C)C)(CCCCCC[N+](C)(C)C)c2cc(-c4ccc(-c5ccc6c(c5)C(CCCCCC[N+](C)(C)C)(CCCCCC[N+](C)(C)C)c5cc(C)ccc5-6)cc4)ccc2-3)c1.[Br-].[Br-].[Br-].[Br-].